The fourth-order valence-corrected chi connectivity index (χ4v) is 2.51. The number of para-hydroxylation sites is 1. The first-order valence-corrected chi connectivity index (χ1v) is 8.27. The van der Waals surface area contributed by atoms with Gasteiger partial charge >= 0.3 is 0 Å². The van der Waals surface area contributed by atoms with Gasteiger partial charge < -0.3 is 10.1 Å². The first-order valence-electron chi connectivity index (χ1n) is 8.27. The fourth-order valence-electron chi connectivity index (χ4n) is 2.51. The van der Waals surface area contributed by atoms with Crippen LogP contribution in [0.25, 0.3) is 0 Å². The second kappa shape index (κ2) is 8.99. The quantitative estimate of drug-likeness (QED) is 0.801. The van der Waals surface area contributed by atoms with Crippen molar-refractivity contribution in [2.45, 2.75) is 39.2 Å². The Kier molecular flexibility index (Phi) is 6.67. The summed E-state index contributed by atoms with van der Waals surface area (Å²) in [5.41, 5.74) is 2.32. The van der Waals surface area contributed by atoms with E-state index in [4.69, 9.17) is 4.74 Å². The molecule has 0 saturated carbocycles. The number of amides is 1. The van der Waals surface area contributed by atoms with Crippen molar-refractivity contribution in [3.63, 3.8) is 0 Å². The summed E-state index contributed by atoms with van der Waals surface area (Å²) in [6, 6.07) is 18.4. The van der Waals surface area contributed by atoms with Crippen LogP contribution in [0.2, 0.25) is 0 Å². The van der Waals surface area contributed by atoms with Crippen molar-refractivity contribution in [1.82, 2.24) is 5.32 Å². The fraction of sp³-hybridized carbons (Fsp3) is 0.350. The number of hydrogen-bond donors (Lipinski definition) is 1. The van der Waals surface area contributed by atoms with Gasteiger partial charge in [0.25, 0.3) is 5.91 Å². The zero-order valence-corrected chi connectivity index (χ0v) is 13.9. The summed E-state index contributed by atoms with van der Waals surface area (Å²) < 4.78 is 5.75. The second-order valence-electron chi connectivity index (χ2n) is 5.64. The monoisotopic (exact) mass is 311 g/mol. The molecule has 0 aliphatic heterocycles. The maximum atomic E-state index is 12.0. The summed E-state index contributed by atoms with van der Waals surface area (Å²) in [4.78, 5) is 12.0. The second-order valence-corrected chi connectivity index (χ2v) is 5.64. The van der Waals surface area contributed by atoms with Crippen molar-refractivity contribution in [2.75, 3.05) is 6.61 Å². The number of rotatable bonds is 8. The van der Waals surface area contributed by atoms with E-state index in [2.05, 4.69) is 31.3 Å². The van der Waals surface area contributed by atoms with E-state index in [0.29, 0.717) is 0 Å². The topological polar surface area (TPSA) is 38.3 Å². The lowest BCUT2D eigenvalue weighted by Crippen LogP contribution is -2.37. The van der Waals surface area contributed by atoms with E-state index in [-0.39, 0.29) is 18.6 Å². The third-order valence-corrected chi connectivity index (χ3v) is 3.92. The summed E-state index contributed by atoms with van der Waals surface area (Å²) in [5, 5.41) is 2.99. The standard InChI is InChI=1S/C20H25NO2/c1-3-18(4-2)21-20(22)15-23-19-13-9-8-12-17(19)14-16-10-6-5-7-11-16/h5-13,18H,3-4,14-15H2,1-2H3,(H,21,22). The van der Waals surface area contributed by atoms with Gasteiger partial charge in [-0.2, -0.15) is 0 Å². The predicted molar refractivity (Wildman–Crippen MR) is 93.7 cm³/mol. The molecule has 0 fully saturated rings. The summed E-state index contributed by atoms with van der Waals surface area (Å²) in [7, 11) is 0. The van der Waals surface area contributed by atoms with Crippen LogP contribution in [-0.4, -0.2) is 18.6 Å². The average Bonchev–Trinajstić information content (AvgIpc) is 2.60. The van der Waals surface area contributed by atoms with Crippen LogP contribution < -0.4 is 10.1 Å². The number of benzene rings is 2. The molecule has 23 heavy (non-hydrogen) atoms. The van der Waals surface area contributed by atoms with E-state index < -0.39 is 0 Å². The van der Waals surface area contributed by atoms with Crippen molar-refractivity contribution in [3.8, 4) is 5.75 Å². The van der Waals surface area contributed by atoms with Gasteiger partial charge in [-0.3, -0.25) is 4.79 Å². The molecule has 0 atom stereocenters. The largest absolute Gasteiger partial charge is 0.483 e. The molecule has 122 valence electrons. The van der Waals surface area contributed by atoms with Gasteiger partial charge in [0.05, 0.1) is 0 Å². The number of carbonyl (C=O) groups excluding carboxylic acids is 1. The van der Waals surface area contributed by atoms with Crippen LogP contribution in [0.3, 0.4) is 0 Å². The van der Waals surface area contributed by atoms with Gasteiger partial charge in [-0.25, -0.2) is 0 Å². The van der Waals surface area contributed by atoms with Crippen molar-refractivity contribution in [3.05, 3.63) is 65.7 Å². The maximum Gasteiger partial charge on any atom is 0.258 e. The van der Waals surface area contributed by atoms with Crippen LogP contribution in [0.15, 0.2) is 54.6 Å². The lowest BCUT2D eigenvalue weighted by molar-refractivity contribution is -0.123. The van der Waals surface area contributed by atoms with E-state index in [0.717, 1.165) is 30.6 Å². The zero-order chi connectivity index (χ0) is 16.5. The summed E-state index contributed by atoms with van der Waals surface area (Å²) >= 11 is 0. The molecule has 0 aromatic heterocycles. The van der Waals surface area contributed by atoms with E-state index in [1.807, 2.05) is 42.5 Å². The molecule has 2 aromatic carbocycles. The zero-order valence-electron chi connectivity index (χ0n) is 13.9. The van der Waals surface area contributed by atoms with Crippen molar-refractivity contribution in [2.24, 2.45) is 0 Å². The molecule has 3 heteroatoms. The number of ether oxygens (including phenoxy) is 1. The minimum Gasteiger partial charge on any atom is -0.483 e. The molecule has 1 N–H and O–H groups in total. The first kappa shape index (κ1) is 17.1. The van der Waals surface area contributed by atoms with Gasteiger partial charge in [0.1, 0.15) is 5.75 Å². The molecule has 0 radical (unpaired) electrons. The Morgan fingerprint density at radius 1 is 1.00 bits per heavy atom. The molecule has 0 aliphatic carbocycles. The molecule has 1 amide bonds. The highest BCUT2D eigenvalue weighted by atomic mass is 16.5. The van der Waals surface area contributed by atoms with Gasteiger partial charge in [0.2, 0.25) is 0 Å². The van der Waals surface area contributed by atoms with Crippen LogP contribution in [0, 0.1) is 0 Å². The minimum absolute atomic E-state index is 0.0578. The SMILES string of the molecule is CCC(CC)NC(=O)COc1ccccc1Cc1ccccc1. The minimum atomic E-state index is -0.0618. The van der Waals surface area contributed by atoms with Crippen molar-refractivity contribution >= 4 is 5.91 Å². The highest BCUT2D eigenvalue weighted by Crippen LogP contribution is 2.21. The van der Waals surface area contributed by atoms with E-state index >= 15 is 0 Å². The Bertz CT molecular complexity index is 606. The van der Waals surface area contributed by atoms with Crippen LogP contribution in [-0.2, 0) is 11.2 Å². The molecule has 0 unspecified atom stereocenters. The Balaban J connectivity index is 1.96. The van der Waals surface area contributed by atoms with Gasteiger partial charge in [-0.05, 0) is 30.0 Å². The highest BCUT2D eigenvalue weighted by Gasteiger charge is 2.10. The van der Waals surface area contributed by atoms with Crippen molar-refractivity contribution in [1.29, 1.82) is 0 Å². The molecule has 0 saturated heterocycles. The summed E-state index contributed by atoms with van der Waals surface area (Å²) in [6.07, 6.45) is 2.67. The first-order chi connectivity index (χ1) is 11.2. The van der Waals surface area contributed by atoms with E-state index in [1.54, 1.807) is 0 Å². The Hall–Kier alpha value is -2.29. The number of carbonyl (C=O) groups is 1. The maximum absolute atomic E-state index is 12.0. The van der Waals surface area contributed by atoms with Gasteiger partial charge in [0, 0.05) is 12.5 Å². The molecule has 0 bridgehead atoms. The van der Waals surface area contributed by atoms with Gasteiger partial charge in [-0.1, -0.05) is 62.4 Å². The predicted octanol–water partition coefficient (Wildman–Crippen LogP) is 3.96. The Labute approximate surface area is 138 Å². The summed E-state index contributed by atoms with van der Waals surface area (Å²) in [5.74, 6) is 0.712. The Morgan fingerprint density at radius 2 is 1.65 bits per heavy atom. The van der Waals surface area contributed by atoms with Gasteiger partial charge in [-0.15, -0.1) is 0 Å². The number of nitrogens with one attached hydrogen (secondary N) is 1. The van der Waals surface area contributed by atoms with Crippen LogP contribution in [0.4, 0.5) is 0 Å². The normalized spacial score (nSPS) is 10.6. The molecular formula is C20H25NO2. The smallest absolute Gasteiger partial charge is 0.258 e. The molecule has 3 nitrogen and oxygen atoms in total. The Morgan fingerprint density at radius 3 is 2.35 bits per heavy atom. The number of hydrogen-bond acceptors (Lipinski definition) is 2. The van der Waals surface area contributed by atoms with Crippen LogP contribution >= 0.6 is 0 Å². The summed E-state index contributed by atoms with van der Waals surface area (Å²) in [6.45, 7) is 4.21. The molecule has 0 aliphatic rings. The molecule has 0 heterocycles. The molecule has 2 aromatic rings. The van der Waals surface area contributed by atoms with Crippen LogP contribution in [0.5, 0.6) is 5.75 Å². The van der Waals surface area contributed by atoms with Gasteiger partial charge in [0.15, 0.2) is 6.61 Å². The third-order valence-electron chi connectivity index (χ3n) is 3.92. The molecular weight excluding hydrogens is 286 g/mol. The van der Waals surface area contributed by atoms with E-state index in [1.165, 1.54) is 5.56 Å². The highest BCUT2D eigenvalue weighted by molar-refractivity contribution is 5.77. The van der Waals surface area contributed by atoms with Crippen molar-refractivity contribution < 1.29 is 9.53 Å². The van der Waals surface area contributed by atoms with E-state index in [9.17, 15) is 4.79 Å². The average molecular weight is 311 g/mol. The third kappa shape index (κ3) is 5.44. The van der Waals surface area contributed by atoms with Crippen LogP contribution in [0.1, 0.15) is 37.8 Å². The molecule has 2 rings (SSSR count). The molecule has 0 spiro atoms. The lowest BCUT2D eigenvalue weighted by atomic mass is 10.0. The lowest BCUT2D eigenvalue weighted by Gasteiger charge is -2.16.